The van der Waals surface area contributed by atoms with E-state index in [0.29, 0.717) is 30.9 Å². The Kier molecular flexibility index (Phi) is 5.54. The molecule has 146 valence electrons. The van der Waals surface area contributed by atoms with Crippen molar-refractivity contribution < 1.29 is 9.53 Å². The molecule has 0 radical (unpaired) electrons. The summed E-state index contributed by atoms with van der Waals surface area (Å²) in [5, 5.41) is 0.621. The summed E-state index contributed by atoms with van der Waals surface area (Å²) in [5.41, 5.74) is 0.970. The quantitative estimate of drug-likeness (QED) is 0.668. The van der Waals surface area contributed by atoms with Crippen LogP contribution in [-0.4, -0.2) is 40.5 Å². The molecule has 0 saturated carbocycles. The van der Waals surface area contributed by atoms with E-state index in [4.69, 9.17) is 4.74 Å². The number of likely N-dealkylation sites (tertiary alicyclic amines) is 1. The molecule has 0 aliphatic carbocycles. The van der Waals surface area contributed by atoms with Crippen LogP contribution in [0.2, 0.25) is 0 Å². The highest BCUT2D eigenvalue weighted by molar-refractivity contribution is 7.21. The van der Waals surface area contributed by atoms with Gasteiger partial charge in [0, 0.05) is 11.4 Å². The number of nitrogens with one attached hydrogen (secondary N) is 1. The number of hydrogen-bond acceptors (Lipinski definition) is 6. The van der Waals surface area contributed by atoms with Crippen molar-refractivity contribution in [2.75, 3.05) is 19.7 Å². The highest BCUT2D eigenvalue weighted by Crippen LogP contribution is 2.30. The van der Waals surface area contributed by atoms with Crippen LogP contribution in [0.25, 0.3) is 20.7 Å². The molecule has 7 heteroatoms. The molecule has 1 N–H and O–H groups in total. The highest BCUT2D eigenvalue weighted by Gasteiger charge is 2.27. The van der Waals surface area contributed by atoms with Crippen molar-refractivity contribution >= 4 is 27.5 Å². The maximum atomic E-state index is 12.6. The Bertz CT molecular complexity index is 1030. The number of benzene rings is 1. The van der Waals surface area contributed by atoms with E-state index in [9.17, 15) is 9.59 Å². The van der Waals surface area contributed by atoms with Crippen LogP contribution >= 0.6 is 11.3 Å². The van der Waals surface area contributed by atoms with Crippen LogP contribution < -0.4 is 5.56 Å². The maximum Gasteiger partial charge on any atom is 0.310 e. The molecule has 1 aliphatic rings. The summed E-state index contributed by atoms with van der Waals surface area (Å²) in [5.74, 6) is 0.411. The normalized spacial score (nSPS) is 17.7. The predicted molar refractivity (Wildman–Crippen MR) is 110 cm³/mol. The van der Waals surface area contributed by atoms with E-state index in [1.54, 1.807) is 0 Å². The van der Waals surface area contributed by atoms with E-state index >= 15 is 0 Å². The molecular weight excluding hydrogens is 374 g/mol. The molecule has 1 saturated heterocycles. The Morgan fingerprint density at radius 3 is 2.96 bits per heavy atom. The van der Waals surface area contributed by atoms with E-state index in [2.05, 4.69) is 14.9 Å². The second kappa shape index (κ2) is 8.24. The Labute approximate surface area is 167 Å². The summed E-state index contributed by atoms with van der Waals surface area (Å²) in [6.07, 6.45) is 1.79. The van der Waals surface area contributed by atoms with Crippen LogP contribution in [0.5, 0.6) is 0 Å². The standard InChI is InChI=1S/C21H23N3O3S/c1-2-27-21(26)15-9-6-10-24(12-15)13-18-22-19(25)16-11-17(28-20(16)23-18)14-7-4-3-5-8-14/h3-5,7-8,11,15H,2,6,9-10,12-13H2,1H3,(H,22,23,25). The van der Waals surface area contributed by atoms with Crippen molar-refractivity contribution in [3.8, 4) is 10.4 Å². The van der Waals surface area contributed by atoms with Crippen molar-refractivity contribution in [2.24, 2.45) is 5.92 Å². The fourth-order valence-corrected chi connectivity index (χ4v) is 4.72. The predicted octanol–water partition coefficient (Wildman–Crippen LogP) is 3.43. The first-order valence-corrected chi connectivity index (χ1v) is 10.4. The van der Waals surface area contributed by atoms with Gasteiger partial charge in [-0.25, -0.2) is 4.98 Å². The van der Waals surface area contributed by atoms with Gasteiger partial charge in [-0.1, -0.05) is 30.3 Å². The zero-order chi connectivity index (χ0) is 19.5. The number of aromatic amines is 1. The van der Waals surface area contributed by atoms with Gasteiger partial charge in [-0.15, -0.1) is 11.3 Å². The number of carbonyl (C=O) groups excluding carboxylic acids is 1. The molecule has 3 heterocycles. The number of rotatable bonds is 5. The molecule has 4 rings (SSSR count). The third-order valence-corrected chi connectivity index (χ3v) is 6.09. The van der Waals surface area contributed by atoms with Crippen molar-refractivity contribution in [3.05, 3.63) is 52.6 Å². The van der Waals surface area contributed by atoms with Crippen molar-refractivity contribution in [1.29, 1.82) is 0 Å². The monoisotopic (exact) mass is 397 g/mol. The number of thiophene rings is 1. The van der Waals surface area contributed by atoms with Crippen LogP contribution in [0.4, 0.5) is 0 Å². The van der Waals surface area contributed by atoms with Crippen LogP contribution in [-0.2, 0) is 16.1 Å². The van der Waals surface area contributed by atoms with Gasteiger partial charge in [-0.2, -0.15) is 0 Å². The van der Waals surface area contributed by atoms with E-state index in [1.165, 1.54) is 11.3 Å². The zero-order valence-corrected chi connectivity index (χ0v) is 16.6. The fourth-order valence-electron chi connectivity index (χ4n) is 3.66. The molecule has 0 spiro atoms. The first-order valence-electron chi connectivity index (χ1n) is 9.61. The van der Waals surface area contributed by atoms with Gasteiger partial charge in [0.05, 0.1) is 24.5 Å². The Morgan fingerprint density at radius 1 is 1.36 bits per heavy atom. The summed E-state index contributed by atoms with van der Waals surface area (Å²) >= 11 is 1.53. The first-order chi connectivity index (χ1) is 13.6. The van der Waals surface area contributed by atoms with E-state index in [1.807, 2.05) is 43.3 Å². The van der Waals surface area contributed by atoms with E-state index in [-0.39, 0.29) is 17.4 Å². The van der Waals surface area contributed by atoms with Gasteiger partial charge in [-0.05, 0) is 37.9 Å². The van der Waals surface area contributed by atoms with Crippen molar-refractivity contribution in [3.63, 3.8) is 0 Å². The molecule has 3 aromatic rings. The lowest BCUT2D eigenvalue weighted by Crippen LogP contribution is -2.39. The summed E-state index contributed by atoms with van der Waals surface area (Å²) in [6.45, 7) is 4.29. The minimum absolute atomic E-state index is 0.101. The largest absolute Gasteiger partial charge is 0.466 e. The summed E-state index contributed by atoms with van der Waals surface area (Å²) in [7, 11) is 0. The van der Waals surface area contributed by atoms with Gasteiger partial charge in [0.15, 0.2) is 0 Å². The van der Waals surface area contributed by atoms with Crippen LogP contribution in [0.1, 0.15) is 25.6 Å². The number of carbonyl (C=O) groups is 1. The Hall–Kier alpha value is -2.51. The number of esters is 1. The van der Waals surface area contributed by atoms with Crippen molar-refractivity contribution in [2.45, 2.75) is 26.3 Å². The number of aromatic nitrogens is 2. The lowest BCUT2D eigenvalue weighted by atomic mass is 9.98. The van der Waals surface area contributed by atoms with Gasteiger partial charge in [0.2, 0.25) is 0 Å². The number of nitrogens with zero attached hydrogens (tertiary/aromatic N) is 2. The Morgan fingerprint density at radius 2 is 2.18 bits per heavy atom. The average molecular weight is 398 g/mol. The molecule has 28 heavy (non-hydrogen) atoms. The molecule has 1 aliphatic heterocycles. The number of H-pyrrole nitrogens is 1. The minimum Gasteiger partial charge on any atom is -0.466 e. The topological polar surface area (TPSA) is 75.3 Å². The second-order valence-corrected chi connectivity index (χ2v) is 8.07. The number of fused-ring (bicyclic) bond motifs is 1. The average Bonchev–Trinajstić information content (AvgIpc) is 3.14. The number of piperidine rings is 1. The molecule has 1 atom stereocenters. The SMILES string of the molecule is CCOC(=O)C1CCCN(Cc2nc3sc(-c4ccccc4)cc3c(=O)[nH]2)C1. The lowest BCUT2D eigenvalue weighted by molar-refractivity contribution is -0.150. The molecule has 1 aromatic carbocycles. The highest BCUT2D eigenvalue weighted by atomic mass is 32.1. The molecule has 0 bridgehead atoms. The van der Waals surface area contributed by atoms with Crippen molar-refractivity contribution in [1.82, 2.24) is 14.9 Å². The second-order valence-electron chi connectivity index (χ2n) is 7.03. The van der Waals surface area contributed by atoms with Crippen LogP contribution in [0, 0.1) is 5.92 Å². The van der Waals surface area contributed by atoms with Gasteiger partial charge < -0.3 is 9.72 Å². The third kappa shape index (κ3) is 4.00. The Balaban J connectivity index is 1.54. The van der Waals surface area contributed by atoms with Gasteiger partial charge in [0.25, 0.3) is 5.56 Å². The molecular formula is C21H23N3O3S. The third-order valence-electron chi connectivity index (χ3n) is 5.01. The summed E-state index contributed by atoms with van der Waals surface area (Å²) in [4.78, 5) is 36.2. The van der Waals surface area contributed by atoms with Crippen LogP contribution in [0.3, 0.4) is 0 Å². The maximum absolute atomic E-state index is 12.6. The fraction of sp³-hybridized carbons (Fsp3) is 0.381. The van der Waals surface area contributed by atoms with Gasteiger partial charge in [-0.3, -0.25) is 14.5 Å². The summed E-state index contributed by atoms with van der Waals surface area (Å²) < 4.78 is 5.16. The molecule has 0 amide bonds. The number of ether oxygens (including phenoxy) is 1. The lowest BCUT2D eigenvalue weighted by Gasteiger charge is -2.30. The van der Waals surface area contributed by atoms with Gasteiger partial charge in [0.1, 0.15) is 10.7 Å². The van der Waals surface area contributed by atoms with E-state index in [0.717, 1.165) is 34.7 Å². The molecule has 1 unspecified atom stereocenters. The molecule has 2 aromatic heterocycles. The van der Waals surface area contributed by atoms with Gasteiger partial charge >= 0.3 is 5.97 Å². The first kappa shape index (κ1) is 18.8. The smallest absolute Gasteiger partial charge is 0.310 e. The molecule has 6 nitrogen and oxygen atoms in total. The summed E-state index contributed by atoms with van der Waals surface area (Å²) in [6, 6.07) is 11.9. The van der Waals surface area contributed by atoms with E-state index < -0.39 is 0 Å². The molecule has 1 fully saturated rings. The zero-order valence-electron chi connectivity index (χ0n) is 15.8. The van der Waals surface area contributed by atoms with Crippen LogP contribution in [0.15, 0.2) is 41.2 Å². The number of hydrogen-bond donors (Lipinski definition) is 1. The minimum atomic E-state index is -0.130.